The fraction of sp³-hybridized carbons (Fsp3) is 0.118. The molecule has 0 aliphatic heterocycles. The van der Waals surface area contributed by atoms with Crippen LogP contribution in [0.4, 0.5) is 0 Å². The lowest BCUT2D eigenvalue weighted by Crippen LogP contribution is -1.89. The van der Waals surface area contributed by atoms with Crippen molar-refractivity contribution in [2.45, 2.75) is 13.8 Å². The number of aryl methyl sites for hydroxylation is 2. The van der Waals surface area contributed by atoms with Gasteiger partial charge in [-0.15, -0.1) is 0 Å². The van der Waals surface area contributed by atoms with Crippen LogP contribution in [-0.4, -0.2) is 4.98 Å². The van der Waals surface area contributed by atoms with Crippen molar-refractivity contribution in [3.63, 3.8) is 0 Å². The average Bonchev–Trinajstić information content (AvgIpc) is 2.38. The van der Waals surface area contributed by atoms with Gasteiger partial charge in [0.15, 0.2) is 0 Å². The highest BCUT2D eigenvalue weighted by Crippen LogP contribution is 2.27. The zero-order valence-corrected chi connectivity index (χ0v) is 10.6. The molecule has 0 amide bonds. The van der Waals surface area contributed by atoms with Gasteiger partial charge in [-0.1, -0.05) is 54.1 Å². The lowest BCUT2D eigenvalue weighted by Gasteiger charge is -2.08. The highest BCUT2D eigenvalue weighted by molar-refractivity contribution is 5.94. The van der Waals surface area contributed by atoms with E-state index < -0.39 is 0 Å². The van der Waals surface area contributed by atoms with Crippen LogP contribution in [-0.2, 0) is 0 Å². The van der Waals surface area contributed by atoms with E-state index in [2.05, 4.69) is 61.5 Å². The molecule has 3 rings (SSSR count). The van der Waals surface area contributed by atoms with Crippen molar-refractivity contribution in [1.82, 2.24) is 4.98 Å². The van der Waals surface area contributed by atoms with Crippen LogP contribution < -0.4 is 0 Å². The van der Waals surface area contributed by atoms with E-state index in [1.54, 1.807) is 0 Å². The first kappa shape index (κ1) is 11.0. The molecule has 0 fully saturated rings. The van der Waals surface area contributed by atoms with Crippen molar-refractivity contribution in [1.29, 1.82) is 0 Å². The minimum Gasteiger partial charge on any atom is -0.252 e. The zero-order valence-electron chi connectivity index (χ0n) is 10.6. The minimum atomic E-state index is 1.06. The van der Waals surface area contributed by atoms with Crippen molar-refractivity contribution in [3.8, 4) is 11.3 Å². The van der Waals surface area contributed by atoms with E-state index >= 15 is 0 Å². The number of pyridine rings is 1. The molecule has 1 aromatic heterocycles. The maximum Gasteiger partial charge on any atom is 0.0783 e. The molecular weight excluding hydrogens is 218 g/mol. The maximum atomic E-state index is 4.70. The van der Waals surface area contributed by atoms with Crippen molar-refractivity contribution in [2.24, 2.45) is 0 Å². The summed E-state index contributed by atoms with van der Waals surface area (Å²) in [5.41, 5.74) is 4.59. The third-order valence-corrected chi connectivity index (χ3v) is 3.19. The Balaban J connectivity index is 2.31. The van der Waals surface area contributed by atoms with Gasteiger partial charge >= 0.3 is 0 Å². The molecule has 1 heteroatoms. The number of nitrogens with zero attached hydrogens (tertiary/aromatic N) is 1. The van der Waals surface area contributed by atoms with E-state index in [1.165, 1.54) is 21.9 Å². The van der Waals surface area contributed by atoms with Crippen LogP contribution in [0.5, 0.6) is 0 Å². The quantitative estimate of drug-likeness (QED) is 0.602. The molecule has 1 nitrogen and oxygen atoms in total. The molecule has 0 saturated heterocycles. The fourth-order valence-corrected chi connectivity index (χ4v) is 2.26. The van der Waals surface area contributed by atoms with Crippen LogP contribution in [0.2, 0.25) is 0 Å². The predicted octanol–water partition coefficient (Wildman–Crippen LogP) is 4.52. The van der Waals surface area contributed by atoms with Gasteiger partial charge in [0.25, 0.3) is 0 Å². The summed E-state index contributed by atoms with van der Waals surface area (Å²) in [5, 5.41) is 2.47. The Hall–Kier alpha value is -2.15. The molecule has 0 N–H and O–H groups in total. The number of aromatic nitrogens is 1. The third kappa shape index (κ3) is 1.88. The molecule has 3 aromatic rings. The molecule has 0 bridgehead atoms. The third-order valence-electron chi connectivity index (χ3n) is 3.19. The highest BCUT2D eigenvalue weighted by Gasteiger charge is 2.06. The summed E-state index contributed by atoms with van der Waals surface area (Å²) in [6, 6.07) is 19.1. The first-order valence-electron chi connectivity index (χ1n) is 6.17. The van der Waals surface area contributed by atoms with Crippen molar-refractivity contribution in [3.05, 3.63) is 65.9 Å². The smallest absolute Gasteiger partial charge is 0.0783 e. The summed E-state index contributed by atoms with van der Waals surface area (Å²) >= 11 is 0. The lowest BCUT2D eigenvalue weighted by molar-refractivity contribution is 1.23. The molecule has 88 valence electrons. The predicted molar refractivity (Wildman–Crippen MR) is 76.7 cm³/mol. The lowest BCUT2D eigenvalue weighted by atomic mass is 10.0. The molecule has 18 heavy (non-hydrogen) atoms. The van der Waals surface area contributed by atoms with Crippen LogP contribution in [0, 0.1) is 13.8 Å². The number of hydrogen-bond donors (Lipinski definition) is 0. The normalized spacial score (nSPS) is 10.8. The fourth-order valence-electron chi connectivity index (χ4n) is 2.26. The minimum absolute atomic E-state index is 1.06. The largest absolute Gasteiger partial charge is 0.252 e. The van der Waals surface area contributed by atoms with Gasteiger partial charge in [-0.3, -0.25) is 4.98 Å². The van der Waals surface area contributed by atoms with Crippen LogP contribution in [0.15, 0.2) is 54.6 Å². The summed E-state index contributed by atoms with van der Waals surface area (Å²) < 4.78 is 0. The second-order valence-corrected chi connectivity index (χ2v) is 4.70. The Bertz CT molecular complexity index is 696. The van der Waals surface area contributed by atoms with Crippen molar-refractivity contribution >= 4 is 10.8 Å². The molecule has 0 radical (unpaired) electrons. The summed E-state index contributed by atoms with van der Waals surface area (Å²) in [6.07, 6.45) is 0. The van der Waals surface area contributed by atoms with E-state index in [0.29, 0.717) is 0 Å². The van der Waals surface area contributed by atoms with E-state index in [9.17, 15) is 0 Å². The van der Waals surface area contributed by atoms with Gasteiger partial charge in [-0.2, -0.15) is 0 Å². The van der Waals surface area contributed by atoms with Gasteiger partial charge in [-0.25, -0.2) is 0 Å². The molecular formula is C17H15N. The maximum absolute atomic E-state index is 4.70. The molecule has 0 aliphatic carbocycles. The molecule has 0 spiro atoms. The molecule has 0 saturated carbocycles. The Morgan fingerprint density at radius 3 is 2.33 bits per heavy atom. The molecule has 2 aromatic carbocycles. The number of rotatable bonds is 1. The summed E-state index contributed by atoms with van der Waals surface area (Å²) in [6.45, 7) is 4.15. The monoisotopic (exact) mass is 233 g/mol. The molecule has 0 atom stereocenters. The molecule has 0 aliphatic rings. The zero-order chi connectivity index (χ0) is 12.5. The van der Waals surface area contributed by atoms with Gasteiger partial charge in [-0.05, 0) is 25.3 Å². The second kappa shape index (κ2) is 4.26. The standard InChI is InChI=1S/C17H15N/c1-12-7-9-14(10-8-12)17-16-6-4-3-5-15(16)11-13(2)18-17/h3-11H,1-2H3. The van der Waals surface area contributed by atoms with E-state index in [0.717, 1.165) is 11.4 Å². The first-order valence-corrected chi connectivity index (χ1v) is 6.17. The van der Waals surface area contributed by atoms with E-state index in [1.807, 2.05) is 6.92 Å². The molecule has 0 unspecified atom stereocenters. The van der Waals surface area contributed by atoms with Gasteiger partial charge in [0, 0.05) is 16.6 Å². The summed E-state index contributed by atoms with van der Waals surface area (Å²) in [5.74, 6) is 0. The van der Waals surface area contributed by atoms with Crippen LogP contribution in [0.1, 0.15) is 11.3 Å². The Morgan fingerprint density at radius 1 is 0.833 bits per heavy atom. The van der Waals surface area contributed by atoms with Gasteiger partial charge in [0.05, 0.1) is 5.69 Å². The molecule has 1 heterocycles. The Kier molecular flexibility index (Phi) is 2.60. The first-order chi connectivity index (χ1) is 8.74. The Labute approximate surface area is 107 Å². The van der Waals surface area contributed by atoms with Gasteiger partial charge in [0.2, 0.25) is 0 Å². The van der Waals surface area contributed by atoms with Crippen molar-refractivity contribution < 1.29 is 0 Å². The Morgan fingerprint density at radius 2 is 1.56 bits per heavy atom. The number of hydrogen-bond acceptors (Lipinski definition) is 1. The van der Waals surface area contributed by atoms with E-state index in [4.69, 9.17) is 4.98 Å². The van der Waals surface area contributed by atoms with Crippen LogP contribution >= 0.6 is 0 Å². The number of benzene rings is 2. The highest BCUT2D eigenvalue weighted by atomic mass is 14.7. The van der Waals surface area contributed by atoms with Gasteiger partial charge in [0.1, 0.15) is 0 Å². The summed E-state index contributed by atoms with van der Waals surface area (Å²) in [7, 11) is 0. The van der Waals surface area contributed by atoms with Crippen molar-refractivity contribution in [2.75, 3.05) is 0 Å². The van der Waals surface area contributed by atoms with Crippen LogP contribution in [0.25, 0.3) is 22.0 Å². The summed E-state index contributed by atoms with van der Waals surface area (Å²) in [4.78, 5) is 4.70. The second-order valence-electron chi connectivity index (χ2n) is 4.70. The van der Waals surface area contributed by atoms with E-state index in [-0.39, 0.29) is 0 Å². The number of fused-ring (bicyclic) bond motifs is 1. The average molecular weight is 233 g/mol. The topological polar surface area (TPSA) is 12.9 Å². The SMILES string of the molecule is Cc1ccc(-c2nc(C)cc3ccccc23)cc1. The van der Waals surface area contributed by atoms with Gasteiger partial charge < -0.3 is 0 Å². The van der Waals surface area contributed by atoms with Crippen LogP contribution in [0.3, 0.4) is 0 Å².